The largest absolute Gasteiger partial charge is 0.327 e. The van der Waals surface area contributed by atoms with Crippen molar-refractivity contribution in [3.8, 4) is 0 Å². The summed E-state index contributed by atoms with van der Waals surface area (Å²) in [4.78, 5) is 7.66. The Labute approximate surface area is 82.9 Å². The van der Waals surface area contributed by atoms with E-state index in [4.69, 9.17) is 5.73 Å². The first-order valence-electron chi connectivity index (χ1n) is 4.18. The van der Waals surface area contributed by atoms with Crippen molar-refractivity contribution in [3.05, 3.63) is 22.2 Å². The molecule has 1 aromatic heterocycles. The highest BCUT2D eigenvalue weighted by molar-refractivity contribution is 7.12. The smallest absolute Gasteiger partial charge is 0.116 e. The van der Waals surface area contributed by atoms with E-state index in [1.807, 2.05) is 18.3 Å². The minimum Gasteiger partial charge on any atom is -0.327 e. The lowest BCUT2D eigenvalue weighted by atomic mass is 10.5. The Kier molecular flexibility index (Phi) is 4.08. The van der Waals surface area contributed by atoms with Gasteiger partial charge >= 0.3 is 0 Å². The second-order valence-electron chi connectivity index (χ2n) is 3.04. The SMILES string of the molecule is CN(C)Cc1cnc(/C=C/CN)s1. The molecular weight excluding hydrogens is 182 g/mol. The molecule has 1 heterocycles. The van der Waals surface area contributed by atoms with Crippen molar-refractivity contribution >= 4 is 17.4 Å². The molecule has 0 saturated carbocycles. The van der Waals surface area contributed by atoms with E-state index in [-0.39, 0.29) is 0 Å². The van der Waals surface area contributed by atoms with E-state index in [0.717, 1.165) is 11.6 Å². The Morgan fingerprint density at radius 2 is 2.38 bits per heavy atom. The molecule has 0 radical (unpaired) electrons. The van der Waals surface area contributed by atoms with Gasteiger partial charge in [-0.3, -0.25) is 0 Å². The van der Waals surface area contributed by atoms with Gasteiger partial charge < -0.3 is 10.6 Å². The molecule has 3 nitrogen and oxygen atoms in total. The normalized spacial score (nSPS) is 11.7. The van der Waals surface area contributed by atoms with Gasteiger partial charge in [0.05, 0.1) is 0 Å². The molecule has 0 spiro atoms. The van der Waals surface area contributed by atoms with Crippen molar-refractivity contribution in [1.29, 1.82) is 0 Å². The second kappa shape index (κ2) is 5.11. The van der Waals surface area contributed by atoms with Crippen molar-refractivity contribution in [2.75, 3.05) is 20.6 Å². The summed E-state index contributed by atoms with van der Waals surface area (Å²) in [5.74, 6) is 0. The average molecular weight is 197 g/mol. The van der Waals surface area contributed by atoms with Gasteiger partial charge in [-0.1, -0.05) is 6.08 Å². The van der Waals surface area contributed by atoms with Crippen LogP contribution < -0.4 is 5.73 Å². The number of hydrogen-bond donors (Lipinski definition) is 1. The minimum atomic E-state index is 0.572. The Morgan fingerprint density at radius 3 is 3.00 bits per heavy atom. The van der Waals surface area contributed by atoms with E-state index >= 15 is 0 Å². The molecule has 0 fully saturated rings. The van der Waals surface area contributed by atoms with E-state index < -0.39 is 0 Å². The third-order valence-corrected chi connectivity index (χ3v) is 2.39. The highest BCUT2D eigenvalue weighted by Crippen LogP contribution is 2.15. The Bertz CT molecular complexity index is 278. The number of hydrogen-bond acceptors (Lipinski definition) is 4. The van der Waals surface area contributed by atoms with Crippen LogP contribution in [-0.4, -0.2) is 30.5 Å². The Hall–Kier alpha value is -0.710. The summed E-state index contributed by atoms with van der Waals surface area (Å²) >= 11 is 1.71. The zero-order valence-corrected chi connectivity index (χ0v) is 8.84. The van der Waals surface area contributed by atoms with Gasteiger partial charge in [-0.25, -0.2) is 4.98 Å². The molecule has 1 aromatic rings. The third-order valence-electron chi connectivity index (χ3n) is 1.44. The number of nitrogens with two attached hydrogens (primary N) is 1. The maximum absolute atomic E-state index is 5.35. The highest BCUT2D eigenvalue weighted by Gasteiger charge is 1.99. The van der Waals surface area contributed by atoms with Crippen LogP contribution in [0, 0.1) is 0 Å². The number of thiazole rings is 1. The molecule has 0 amide bonds. The Morgan fingerprint density at radius 1 is 1.62 bits per heavy atom. The first-order valence-corrected chi connectivity index (χ1v) is 5.00. The average Bonchev–Trinajstić information content (AvgIpc) is 2.48. The van der Waals surface area contributed by atoms with Crippen molar-refractivity contribution in [2.45, 2.75) is 6.54 Å². The van der Waals surface area contributed by atoms with Gasteiger partial charge in [-0.2, -0.15) is 0 Å². The van der Waals surface area contributed by atoms with Crippen LogP contribution in [-0.2, 0) is 6.54 Å². The van der Waals surface area contributed by atoms with E-state index in [1.54, 1.807) is 11.3 Å². The molecule has 72 valence electrons. The molecule has 2 N–H and O–H groups in total. The van der Waals surface area contributed by atoms with Crippen LogP contribution in [0.1, 0.15) is 9.88 Å². The van der Waals surface area contributed by atoms with E-state index in [0.29, 0.717) is 6.54 Å². The summed E-state index contributed by atoms with van der Waals surface area (Å²) in [6.45, 7) is 1.52. The zero-order valence-electron chi connectivity index (χ0n) is 8.03. The quantitative estimate of drug-likeness (QED) is 0.788. The van der Waals surface area contributed by atoms with Crippen LogP contribution in [0.2, 0.25) is 0 Å². The monoisotopic (exact) mass is 197 g/mol. The fourth-order valence-electron chi connectivity index (χ4n) is 0.953. The van der Waals surface area contributed by atoms with Crippen molar-refractivity contribution in [3.63, 3.8) is 0 Å². The van der Waals surface area contributed by atoms with Crippen molar-refractivity contribution in [2.24, 2.45) is 5.73 Å². The van der Waals surface area contributed by atoms with Gasteiger partial charge in [0.15, 0.2) is 0 Å². The van der Waals surface area contributed by atoms with E-state index in [1.165, 1.54) is 4.88 Å². The van der Waals surface area contributed by atoms with Crippen LogP contribution in [0.5, 0.6) is 0 Å². The topological polar surface area (TPSA) is 42.2 Å². The number of nitrogens with zero attached hydrogens (tertiary/aromatic N) is 2. The minimum absolute atomic E-state index is 0.572. The molecule has 0 aliphatic heterocycles. The molecule has 13 heavy (non-hydrogen) atoms. The molecule has 0 bridgehead atoms. The van der Waals surface area contributed by atoms with Crippen molar-refractivity contribution in [1.82, 2.24) is 9.88 Å². The summed E-state index contributed by atoms with van der Waals surface area (Å²) in [6.07, 6.45) is 5.79. The summed E-state index contributed by atoms with van der Waals surface area (Å²) in [6, 6.07) is 0. The van der Waals surface area contributed by atoms with Crippen LogP contribution in [0.15, 0.2) is 12.3 Å². The maximum Gasteiger partial charge on any atom is 0.116 e. The molecule has 0 aliphatic rings. The van der Waals surface area contributed by atoms with Gasteiger partial charge in [0, 0.05) is 24.2 Å². The van der Waals surface area contributed by atoms with Gasteiger partial charge in [-0.15, -0.1) is 11.3 Å². The molecule has 0 unspecified atom stereocenters. The lowest BCUT2D eigenvalue weighted by Crippen LogP contribution is -2.09. The van der Waals surface area contributed by atoms with Crippen LogP contribution in [0.3, 0.4) is 0 Å². The first-order chi connectivity index (χ1) is 6.22. The zero-order chi connectivity index (χ0) is 9.68. The molecule has 0 aromatic carbocycles. The lowest BCUT2D eigenvalue weighted by molar-refractivity contribution is 0.406. The van der Waals surface area contributed by atoms with Crippen molar-refractivity contribution < 1.29 is 0 Å². The Balaban J connectivity index is 2.58. The molecule has 1 rings (SSSR count). The summed E-state index contributed by atoms with van der Waals surface area (Å²) in [5, 5.41) is 1.03. The lowest BCUT2D eigenvalue weighted by Gasteiger charge is -2.05. The van der Waals surface area contributed by atoms with Crippen LogP contribution in [0.4, 0.5) is 0 Å². The number of aromatic nitrogens is 1. The molecule has 0 aliphatic carbocycles. The van der Waals surface area contributed by atoms with Crippen LogP contribution in [0.25, 0.3) is 6.08 Å². The number of rotatable bonds is 4. The summed E-state index contributed by atoms with van der Waals surface area (Å²) in [5.41, 5.74) is 5.35. The molecule has 0 saturated heterocycles. The van der Waals surface area contributed by atoms with E-state index in [9.17, 15) is 0 Å². The molecule has 0 atom stereocenters. The predicted octanol–water partition coefficient (Wildman–Crippen LogP) is 1.18. The van der Waals surface area contributed by atoms with Gasteiger partial charge in [0.2, 0.25) is 0 Å². The maximum atomic E-state index is 5.35. The first kappa shape index (κ1) is 10.4. The highest BCUT2D eigenvalue weighted by atomic mass is 32.1. The second-order valence-corrected chi connectivity index (χ2v) is 4.19. The fourth-order valence-corrected chi connectivity index (χ4v) is 1.92. The third kappa shape index (κ3) is 3.67. The standard InChI is InChI=1S/C9H15N3S/c1-12(2)7-8-6-11-9(13-8)4-3-5-10/h3-4,6H,5,7,10H2,1-2H3/b4-3+. The summed E-state index contributed by atoms with van der Waals surface area (Å²) < 4.78 is 0. The predicted molar refractivity (Wildman–Crippen MR) is 57.6 cm³/mol. The van der Waals surface area contributed by atoms with Crippen LogP contribution >= 0.6 is 11.3 Å². The molecular formula is C9H15N3S. The van der Waals surface area contributed by atoms with Gasteiger partial charge in [0.25, 0.3) is 0 Å². The molecule has 4 heteroatoms. The van der Waals surface area contributed by atoms with E-state index in [2.05, 4.69) is 24.0 Å². The fraction of sp³-hybridized carbons (Fsp3) is 0.444. The summed E-state index contributed by atoms with van der Waals surface area (Å²) in [7, 11) is 4.10. The van der Waals surface area contributed by atoms with Gasteiger partial charge in [-0.05, 0) is 20.2 Å². The van der Waals surface area contributed by atoms with Gasteiger partial charge in [0.1, 0.15) is 5.01 Å².